The zero-order valence-corrected chi connectivity index (χ0v) is 8.56. The number of carboxylic acids is 1. The van der Waals surface area contributed by atoms with Gasteiger partial charge in [0.05, 0.1) is 5.56 Å². The number of rotatable bonds is 5. The Labute approximate surface area is 87.7 Å². The number of carboxylic acid groups (broad SMARTS) is 1. The maximum Gasteiger partial charge on any atom is 0.337 e. The van der Waals surface area contributed by atoms with E-state index in [-0.39, 0.29) is 18.0 Å². The smallest absolute Gasteiger partial charge is 0.337 e. The number of amides is 1. The van der Waals surface area contributed by atoms with Crippen LogP contribution in [0.4, 0.5) is 0 Å². The van der Waals surface area contributed by atoms with Crippen LogP contribution in [-0.4, -0.2) is 28.1 Å². The molecule has 1 rings (SSSR count). The lowest BCUT2D eigenvalue weighted by Crippen LogP contribution is -2.27. The molecule has 0 spiro atoms. The van der Waals surface area contributed by atoms with E-state index < -0.39 is 5.97 Å². The molecule has 5 heteroatoms. The summed E-state index contributed by atoms with van der Waals surface area (Å²) in [6.45, 7) is 2.78. The topological polar surface area (TPSA) is 71.3 Å². The summed E-state index contributed by atoms with van der Waals surface area (Å²) >= 11 is 0. The van der Waals surface area contributed by atoms with Crippen LogP contribution in [0.5, 0.6) is 0 Å². The van der Waals surface area contributed by atoms with E-state index in [9.17, 15) is 9.59 Å². The molecule has 0 atom stereocenters. The minimum atomic E-state index is -0.984. The zero-order valence-electron chi connectivity index (χ0n) is 8.56. The molecule has 0 aromatic carbocycles. The first-order chi connectivity index (χ1) is 7.13. The van der Waals surface area contributed by atoms with Crippen LogP contribution in [0.15, 0.2) is 18.5 Å². The van der Waals surface area contributed by atoms with E-state index in [0.717, 1.165) is 6.42 Å². The van der Waals surface area contributed by atoms with Crippen molar-refractivity contribution in [2.45, 2.75) is 19.9 Å². The third-order valence-electron chi connectivity index (χ3n) is 1.90. The lowest BCUT2D eigenvalue weighted by molar-refractivity contribution is -0.121. The van der Waals surface area contributed by atoms with Crippen molar-refractivity contribution in [2.75, 3.05) is 6.54 Å². The van der Waals surface area contributed by atoms with Crippen molar-refractivity contribution in [3.8, 4) is 0 Å². The zero-order chi connectivity index (χ0) is 11.3. The van der Waals surface area contributed by atoms with Gasteiger partial charge in [-0.2, -0.15) is 0 Å². The van der Waals surface area contributed by atoms with Crippen molar-refractivity contribution < 1.29 is 14.7 Å². The number of nitrogens with one attached hydrogen (secondary N) is 1. The maximum atomic E-state index is 11.3. The lowest BCUT2D eigenvalue weighted by atomic mass is 10.4. The van der Waals surface area contributed by atoms with Crippen molar-refractivity contribution in [1.82, 2.24) is 9.88 Å². The first kappa shape index (κ1) is 11.3. The van der Waals surface area contributed by atoms with Gasteiger partial charge in [-0.15, -0.1) is 0 Å². The van der Waals surface area contributed by atoms with Gasteiger partial charge in [0, 0.05) is 18.9 Å². The molecular weight excluding hydrogens is 196 g/mol. The lowest BCUT2D eigenvalue weighted by Gasteiger charge is -2.03. The molecule has 0 saturated heterocycles. The highest BCUT2D eigenvalue weighted by Gasteiger charge is 2.06. The van der Waals surface area contributed by atoms with Crippen LogP contribution in [0.25, 0.3) is 0 Å². The van der Waals surface area contributed by atoms with Crippen LogP contribution in [0.1, 0.15) is 23.7 Å². The molecule has 0 saturated carbocycles. The Balaban J connectivity index is 2.50. The summed E-state index contributed by atoms with van der Waals surface area (Å²) in [7, 11) is 0. The van der Waals surface area contributed by atoms with Crippen LogP contribution in [-0.2, 0) is 11.3 Å². The van der Waals surface area contributed by atoms with Gasteiger partial charge in [0.2, 0.25) is 5.91 Å². The number of hydrogen-bond donors (Lipinski definition) is 2. The van der Waals surface area contributed by atoms with Crippen molar-refractivity contribution >= 4 is 11.9 Å². The van der Waals surface area contributed by atoms with E-state index in [0.29, 0.717) is 6.54 Å². The quantitative estimate of drug-likeness (QED) is 0.752. The molecule has 2 N–H and O–H groups in total. The number of aromatic carboxylic acids is 1. The monoisotopic (exact) mass is 210 g/mol. The predicted octanol–water partition coefficient (Wildman–Crippen LogP) is 0.712. The summed E-state index contributed by atoms with van der Waals surface area (Å²) in [5.74, 6) is -1.09. The Morgan fingerprint density at radius 2 is 2.27 bits per heavy atom. The van der Waals surface area contributed by atoms with E-state index in [1.807, 2.05) is 6.92 Å². The summed E-state index contributed by atoms with van der Waals surface area (Å²) in [6, 6.07) is 1.47. The minimum absolute atomic E-state index is 0.107. The fourth-order valence-corrected chi connectivity index (χ4v) is 1.15. The van der Waals surface area contributed by atoms with Crippen molar-refractivity contribution in [1.29, 1.82) is 0 Å². The number of carbonyl (C=O) groups is 2. The molecule has 0 bridgehead atoms. The predicted molar refractivity (Wildman–Crippen MR) is 54.7 cm³/mol. The maximum absolute atomic E-state index is 11.3. The standard InChI is InChI=1S/C10H14N2O3/c1-2-4-11-9(13)7-12-5-3-8(6-12)10(14)15/h3,5-6H,2,4,7H2,1H3,(H,11,13)(H,14,15). The Hall–Kier alpha value is -1.78. The summed E-state index contributed by atoms with van der Waals surface area (Å²) in [4.78, 5) is 21.8. The number of hydrogen-bond acceptors (Lipinski definition) is 2. The van der Waals surface area contributed by atoms with Gasteiger partial charge in [-0.3, -0.25) is 4.79 Å². The van der Waals surface area contributed by atoms with Gasteiger partial charge in [0.15, 0.2) is 0 Å². The third-order valence-corrected chi connectivity index (χ3v) is 1.90. The van der Waals surface area contributed by atoms with Gasteiger partial charge in [0.25, 0.3) is 0 Å². The molecule has 0 aliphatic carbocycles. The van der Waals surface area contributed by atoms with Crippen molar-refractivity contribution in [3.05, 3.63) is 24.0 Å². The molecule has 0 aliphatic heterocycles. The number of carbonyl (C=O) groups excluding carboxylic acids is 1. The molecule has 5 nitrogen and oxygen atoms in total. The van der Waals surface area contributed by atoms with E-state index in [1.54, 1.807) is 10.8 Å². The average Bonchev–Trinajstić information content (AvgIpc) is 2.63. The van der Waals surface area contributed by atoms with Crippen molar-refractivity contribution in [2.24, 2.45) is 0 Å². The van der Waals surface area contributed by atoms with Crippen molar-refractivity contribution in [3.63, 3.8) is 0 Å². The summed E-state index contributed by atoms with van der Waals surface area (Å²) in [5.41, 5.74) is 0.193. The highest BCUT2D eigenvalue weighted by molar-refractivity contribution is 5.87. The van der Waals surface area contributed by atoms with Gasteiger partial charge in [0.1, 0.15) is 6.54 Å². The summed E-state index contributed by atoms with van der Waals surface area (Å²) in [6.07, 6.45) is 3.90. The number of aromatic nitrogens is 1. The molecule has 1 aromatic rings. The van der Waals surface area contributed by atoms with Crippen LogP contribution >= 0.6 is 0 Å². The first-order valence-electron chi connectivity index (χ1n) is 4.79. The van der Waals surface area contributed by atoms with Gasteiger partial charge in [-0.25, -0.2) is 4.79 Å². The molecule has 0 aliphatic rings. The molecule has 82 valence electrons. The normalized spacial score (nSPS) is 9.93. The molecule has 0 radical (unpaired) electrons. The Morgan fingerprint density at radius 3 is 2.80 bits per heavy atom. The molecule has 0 unspecified atom stereocenters. The van der Waals surface area contributed by atoms with Crippen LogP contribution in [0.3, 0.4) is 0 Å². The van der Waals surface area contributed by atoms with Gasteiger partial charge in [-0.05, 0) is 12.5 Å². The first-order valence-corrected chi connectivity index (χ1v) is 4.79. The molecule has 1 amide bonds. The van der Waals surface area contributed by atoms with Crippen LogP contribution < -0.4 is 5.32 Å². The second kappa shape index (κ2) is 5.19. The molecule has 1 aromatic heterocycles. The highest BCUT2D eigenvalue weighted by atomic mass is 16.4. The van der Waals surface area contributed by atoms with E-state index in [2.05, 4.69) is 5.32 Å². The third kappa shape index (κ3) is 3.46. The largest absolute Gasteiger partial charge is 0.478 e. The summed E-state index contributed by atoms with van der Waals surface area (Å²) in [5, 5.41) is 11.4. The second-order valence-corrected chi connectivity index (χ2v) is 3.23. The summed E-state index contributed by atoms with van der Waals surface area (Å²) < 4.78 is 1.55. The minimum Gasteiger partial charge on any atom is -0.478 e. The van der Waals surface area contributed by atoms with E-state index in [1.165, 1.54) is 12.3 Å². The Kier molecular flexibility index (Phi) is 3.91. The Morgan fingerprint density at radius 1 is 1.53 bits per heavy atom. The fraction of sp³-hybridized carbons (Fsp3) is 0.400. The molecule has 0 fully saturated rings. The van der Waals surface area contributed by atoms with Crippen LogP contribution in [0.2, 0.25) is 0 Å². The fourth-order valence-electron chi connectivity index (χ4n) is 1.15. The number of nitrogens with zero attached hydrogens (tertiary/aromatic N) is 1. The molecule has 1 heterocycles. The van der Waals surface area contributed by atoms with Crippen LogP contribution in [0, 0.1) is 0 Å². The Bertz CT molecular complexity index is 357. The van der Waals surface area contributed by atoms with Gasteiger partial charge < -0.3 is 15.0 Å². The molecule has 15 heavy (non-hydrogen) atoms. The second-order valence-electron chi connectivity index (χ2n) is 3.23. The SMILES string of the molecule is CCCNC(=O)Cn1ccc(C(=O)O)c1. The van der Waals surface area contributed by atoms with Gasteiger partial charge in [-0.1, -0.05) is 6.92 Å². The average molecular weight is 210 g/mol. The van der Waals surface area contributed by atoms with E-state index >= 15 is 0 Å². The molecular formula is C10H14N2O3. The van der Waals surface area contributed by atoms with Gasteiger partial charge >= 0.3 is 5.97 Å². The highest BCUT2D eigenvalue weighted by Crippen LogP contribution is 2.00. The van der Waals surface area contributed by atoms with E-state index in [4.69, 9.17) is 5.11 Å².